The Morgan fingerprint density at radius 3 is 2.89 bits per heavy atom. The van der Waals surface area contributed by atoms with Gasteiger partial charge in [0.2, 0.25) is 5.91 Å². The molecule has 0 aliphatic heterocycles. The highest BCUT2D eigenvalue weighted by Gasteiger charge is 2.10. The summed E-state index contributed by atoms with van der Waals surface area (Å²) in [5, 5.41) is 2.75. The summed E-state index contributed by atoms with van der Waals surface area (Å²) >= 11 is 0. The van der Waals surface area contributed by atoms with E-state index in [0.717, 1.165) is 22.6 Å². The van der Waals surface area contributed by atoms with Gasteiger partial charge in [-0.05, 0) is 25.2 Å². The number of rotatable bonds is 8. The molecule has 6 nitrogen and oxygen atoms in total. The van der Waals surface area contributed by atoms with Crippen LogP contribution in [-0.2, 0) is 17.8 Å². The molecule has 3 rings (SSSR count). The van der Waals surface area contributed by atoms with Crippen LogP contribution in [0.3, 0.4) is 0 Å². The molecule has 0 spiro atoms. The van der Waals surface area contributed by atoms with Crippen molar-refractivity contribution in [3.63, 3.8) is 0 Å². The van der Waals surface area contributed by atoms with Crippen LogP contribution in [0.25, 0.3) is 11.0 Å². The number of hydrogen-bond acceptors (Lipinski definition) is 4. The lowest BCUT2D eigenvalue weighted by molar-refractivity contribution is -0.122. The quantitative estimate of drug-likeness (QED) is 0.639. The molecule has 142 valence electrons. The maximum Gasteiger partial charge on any atom is 0.234 e. The number of methoxy groups -OCH3 is 1. The third-order valence-electron chi connectivity index (χ3n) is 4.32. The molecule has 0 radical (unpaired) electrons. The molecule has 0 saturated heterocycles. The van der Waals surface area contributed by atoms with Gasteiger partial charge in [0.05, 0.1) is 24.7 Å². The van der Waals surface area contributed by atoms with Crippen molar-refractivity contribution in [1.29, 1.82) is 0 Å². The molecule has 0 unspecified atom stereocenters. The van der Waals surface area contributed by atoms with Crippen molar-refractivity contribution in [2.75, 3.05) is 27.2 Å². The number of fused-ring (bicyclic) bond motifs is 1. The van der Waals surface area contributed by atoms with E-state index in [0.29, 0.717) is 18.5 Å². The van der Waals surface area contributed by atoms with Gasteiger partial charge < -0.3 is 15.0 Å². The highest BCUT2D eigenvalue weighted by molar-refractivity contribution is 5.78. The van der Waals surface area contributed by atoms with E-state index in [4.69, 9.17) is 4.74 Å². The van der Waals surface area contributed by atoms with Gasteiger partial charge in [-0.15, -0.1) is 0 Å². The fraction of sp³-hybridized carbons (Fsp3) is 0.300. The van der Waals surface area contributed by atoms with Crippen LogP contribution < -0.4 is 10.1 Å². The number of H-pyrrole nitrogens is 1. The summed E-state index contributed by atoms with van der Waals surface area (Å²) in [6.45, 7) is 1.09. The second-order valence-corrected chi connectivity index (χ2v) is 6.42. The summed E-state index contributed by atoms with van der Waals surface area (Å²) in [6.07, 6.45) is 0.689. The molecule has 3 aromatic rings. The minimum Gasteiger partial charge on any atom is -0.497 e. The normalized spacial score (nSPS) is 11.1. The molecule has 1 heterocycles. The molecule has 7 heteroatoms. The summed E-state index contributed by atoms with van der Waals surface area (Å²) in [5.74, 6) is 1.18. The fourth-order valence-electron chi connectivity index (χ4n) is 2.80. The monoisotopic (exact) mass is 370 g/mol. The number of halogens is 1. The van der Waals surface area contributed by atoms with Crippen molar-refractivity contribution in [3.8, 4) is 5.75 Å². The summed E-state index contributed by atoms with van der Waals surface area (Å²) in [5.41, 5.74) is 2.29. The average molecular weight is 370 g/mol. The number of imidazole rings is 1. The molecular weight excluding hydrogens is 347 g/mol. The topological polar surface area (TPSA) is 70.2 Å². The predicted octanol–water partition coefficient (Wildman–Crippen LogP) is 2.50. The summed E-state index contributed by atoms with van der Waals surface area (Å²) in [4.78, 5) is 21.8. The third kappa shape index (κ3) is 5.04. The number of nitrogens with zero attached hydrogens (tertiary/aromatic N) is 2. The highest BCUT2D eigenvalue weighted by Crippen LogP contribution is 2.18. The van der Waals surface area contributed by atoms with E-state index in [1.807, 2.05) is 30.1 Å². The van der Waals surface area contributed by atoms with Gasteiger partial charge >= 0.3 is 0 Å². The van der Waals surface area contributed by atoms with Crippen LogP contribution in [0.1, 0.15) is 11.4 Å². The van der Waals surface area contributed by atoms with Crippen molar-refractivity contribution in [1.82, 2.24) is 20.2 Å². The van der Waals surface area contributed by atoms with E-state index < -0.39 is 0 Å². The van der Waals surface area contributed by atoms with Crippen LogP contribution in [0.4, 0.5) is 4.39 Å². The largest absolute Gasteiger partial charge is 0.497 e. The minimum atomic E-state index is -0.312. The summed E-state index contributed by atoms with van der Waals surface area (Å²) in [7, 11) is 3.50. The van der Waals surface area contributed by atoms with Crippen LogP contribution >= 0.6 is 0 Å². The number of carbonyl (C=O) groups is 1. The Morgan fingerprint density at radius 2 is 2.11 bits per heavy atom. The molecule has 0 fully saturated rings. The molecule has 1 aromatic heterocycles. The third-order valence-corrected chi connectivity index (χ3v) is 4.32. The highest BCUT2D eigenvalue weighted by atomic mass is 19.1. The standard InChI is InChI=1S/C20H23FN4O2/c1-25(13-20(26)22-12-14-5-3-4-6-16(14)21)10-9-19-23-17-8-7-15(27-2)11-18(17)24-19/h3-8,11H,9-10,12-13H2,1-2H3,(H,22,26)(H,23,24). The van der Waals surface area contributed by atoms with E-state index in [9.17, 15) is 9.18 Å². The lowest BCUT2D eigenvalue weighted by Gasteiger charge is -2.15. The second-order valence-electron chi connectivity index (χ2n) is 6.42. The number of likely N-dealkylation sites (N-methyl/N-ethyl adjacent to an activating group) is 1. The number of nitrogens with one attached hydrogen (secondary N) is 2. The van der Waals surface area contributed by atoms with Crippen LogP contribution in [0, 0.1) is 5.82 Å². The molecule has 0 bridgehead atoms. The molecule has 1 amide bonds. The Hall–Kier alpha value is -2.93. The Labute approximate surface area is 157 Å². The van der Waals surface area contributed by atoms with Crippen molar-refractivity contribution >= 4 is 16.9 Å². The van der Waals surface area contributed by atoms with Crippen LogP contribution in [-0.4, -0.2) is 48.0 Å². The molecule has 0 aliphatic rings. The van der Waals surface area contributed by atoms with Gasteiger partial charge in [-0.1, -0.05) is 18.2 Å². The zero-order valence-electron chi connectivity index (χ0n) is 15.5. The lowest BCUT2D eigenvalue weighted by atomic mass is 10.2. The molecular formula is C20H23FN4O2. The first-order chi connectivity index (χ1) is 13.0. The van der Waals surface area contributed by atoms with Gasteiger partial charge in [0.25, 0.3) is 0 Å². The van der Waals surface area contributed by atoms with Crippen LogP contribution in [0.5, 0.6) is 5.75 Å². The first-order valence-corrected chi connectivity index (χ1v) is 8.76. The minimum absolute atomic E-state index is 0.143. The number of amides is 1. The zero-order chi connectivity index (χ0) is 19.2. The fourth-order valence-corrected chi connectivity index (χ4v) is 2.80. The second kappa shape index (κ2) is 8.64. The lowest BCUT2D eigenvalue weighted by Crippen LogP contribution is -2.36. The molecule has 2 aromatic carbocycles. The van der Waals surface area contributed by atoms with E-state index in [1.165, 1.54) is 6.07 Å². The molecule has 27 heavy (non-hydrogen) atoms. The molecule has 0 aliphatic carbocycles. The number of aromatic amines is 1. The first kappa shape index (κ1) is 18.8. The van der Waals surface area contributed by atoms with Crippen molar-refractivity contribution in [2.45, 2.75) is 13.0 Å². The zero-order valence-corrected chi connectivity index (χ0v) is 15.5. The average Bonchev–Trinajstić information content (AvgIpc) is 3.07. The van der Waals surface area contributed by atoms with Crippen molar-refractivity contribution < 1.29 is 13.9 Å². The predicted molar refractivity (Wildman–Crippen MR) is 102 cm³/mol. The maximum atomic E-state index is 13.6. The molecule has 0 saturated carbocycles. The van der Waals surface area contributed by atoms with Crippen molar-refractivity contribution in [3.05, 3.63) is 59.7 Å². The van der Waals surface area contributed by atoms with E-state index in [2.05, 4.69) is 15.3 Å². The van der Waals surface area contributed by atoms with E-state index >= 15 is 0 Å². The summed E-state index contributed by atoms with van der Waals surface area (Å²) in [6, 6.07) is 12.1. The number of aromatic nitrogens is 2. The van der Waals surface area contributed by atoms with Gasteiger partial charge in [0, 0.05) is 31.1 Å². The first-order valence-electron chi connectivity index (χ1n) is 8.76. The number of benzene rings is 2. The van der Waals surface area contributed by atoms with Gasteiger partial charge in [0.1, 0.15) is 17.4 Å². The Bertz CT molecular complexity index is 925. The number of hydrogen-bond donors (Lipinski definition) is 2. The number of carbonyl (C=O) groups excluding carboxylic acids is 1. The van der Waals surface area contributed by atoms with E-state index in [1.54, 1.807) is 25.3 Å². The Kier molecular flexibility index (Phi) is 6.03. The Morgan fingerprint density at radius 1 is 1.30 bits per heavy atom. The SMILES string of the molecule is COc1ccc2nc(CCN(C)CC(=O)NCc3ccccc3F)[nH]c2c1. The van der Waals surface area contributed by atoms with E-state index in [-0.39, 0.29) is 24.8 Å². The van der Waals surface area contributed by atoms with Crippen LogP contribution in [0.2, 0.25) is 0 Å². The van der Waals surface area contributed by atoms with Crippen molar-refractivity contribution in [2.24, 2.45) is 0 Å². The van der Waals surface area contributed by atoms with Crippen LogP contribution in [0.15, 0.2) is 42.5 Å². The maximum absolute atomic E-state index is 13.6. The number of ether oxygens (including phenoxy) is 1. The molecule has 0 atom stereocenters. The van der Waals surface area contributed by atoms with Gasteiger partial charge in [-0.3, -0.25) is 9.69 Å². The Balaban J connectivity index is 1.47. The summed E-state index contributed by atoms with van der Waals surface area (Å²) < 4.78 is 18.8. The van der Waals surface area contributed by atoms with Gasteiger partial charge in [-0.2, -0.15) is 0 Å². The van der Waals surface area contributed by atoms with Gasteiger partial charge in [-0.25, -0.2) is 9.37 Å². The smallest absolute Gasteiger partial charge is 0.234 e. The van der Waals surface area contributed by atoms with Gasteiger partial charge in [0.15, 0.2) is 0 Å². The molecule has 2 N–H and O–H groups in total.